The van der Waals surface area contributed by atoms with Crippen molar-refractivity contribution < 1.29 is 0 Å². The van der Waals surface area contributed by atoms with E-state index in [9.17, 15) is 0 Å². The summed E-state index contributed by atoms with van der Waals surface area (Å²) in [5.74, 6) is 2.23. The third-order valence-electron chi connectivity index (χ3n) is 3.33. The molecular weight excluding hydrogens is 108 g/mol. The average molecular weight is 120 g/mol. The van der Waals surface area contributed by atoms with Gasteiger partial charge in [0.2, 0.25) is 0 Å². The van der Waals surface area contributed by atoms with Crippen LogP contribution in [-0.4, -0.2) is 0 Å². The second-order valence-corrected chi connectivity index (χ2v) is 3.70. The van der Waals surface area contributed by atoms with E-state index in [0.717, 1.165) is 11.8 Å². The van der Waals surface area contributed by atoms with Gasteiger partial charge in [0.05, 0.1) is 0 Å². The Kier molecular flexibility index (Phi) is 0.633. The molecule has 1 saturated carbocycles. The lowest BCUT2D eigenvalue weighted by atomic mass is 9.95. The molecule has 0 bridgehead atoms. The van der Waals surface area contributed by atoms with Gasteiger partial charge in [-0.1, -0.05) is 11.1 Å². The van der Waals surface area contributed by atoms with Crippen LogP contribution >= 0.6 is 0 Å². The molecule has 0 amide bonds. The molecule has 2 atom stereocenters. The van der Waals surface area contributed by atoms with E-state index in [1.54, 1.807) is 0 Å². The maximum absolute atomic E-state index is 1.92. The minimum Gasteiger partial charge on any atom is -0.0704 e. The molecule has 48 valence electrons. The predicted molar refractivity (Wildman–Crippen MR) is 37.1 cm³/mol. The maximum atomic E-state index is 1.92. The van der Waals surface area contributed by atoms with E-state index in [1.165, 1.54) is 32.1 Å². The quantitative estimate of drug-likeness (QED) is 0.431. The molecule has 0 aromatic heterocycles. The van der Waals surface area contributed by atoms with Crippen molar-refractivity contribution in [3.05, 3.63) is 11.1 Å². The van der Waals surface area contributed by atoms with Crippen molar-refractivity contribution in [2.24, 2.45) is 11.8 Å². The lowest BCUT2D eigenvalue weighted by Gasteiger charge is -2.10. The van der Waals surface area contributed by atoms with E-state index in [1.807, 2.05) is 11.1 Å². The van der Waals surface area contributed by atoms with Gasteiger partial charge in [-0.15, -0.1) is 0 Å². The highest BCUT2D eigenvalue weighted by atomic mass is 14.5. The summed E-state index contributed by atoms with van der Waals surface area (Å²) in [6, 6.07) is 0. The third kappa shape index (κ3) is 0.417. The second-order valence-electron chi connectivity index (χ2n) is 3.70. The lowest BCUT2D eigenvalue weighted by molar-refractivity contribution is 0.540. The van der Waals surface area contributed by atoms with Crippen LogP contribution in [-0.2, 0) is 0 Å². The number of allylic oxidation sites excluding steroid dienone is 2. The minimum absolute atomic E-state index is 1.11. The molecule has 0 aromatic rings. The molecule has 0 spiro atoms. The summed E-state index contributed by atoms with van der Waals surface area (Å²) in [6.07, 6.45) is 7.48. The van der Waals surface area contributed by atoms with Crippen LogP contribution in [0.3, 0.4) is 0 Å². The zero-order valence-electron chi connectivity index (χ0n) is 5.69. The zero-order chi connectivity index (χ0) is 5.84. The summed E-state index contributed by atoms with van der Waals surface area (Å²) < 4.78 is 0. The van der Waals surface area contributed by atoms with Gasteiger partial charge in [-0.05, 0) is 43.9 Å². The van der Waals surface area contributed by atoms with Gasteiger partial charge < -0.3 is 0 Å². The molecule has 0 heterocycles. The molecule has 0 nitrogen and oxygen atoms in total. The molecule has 0 saturated heterocycles. The van der Waals surface area contributed by atoms with E-state index < -0.39 is 0 Å². The first-order valence-corrected chi connectivity index (χ1v) is 4.18. The molecular formula is C9H12. The third-order valence-corrected chi connectivity index (χ3v) is 3.33. The molecule has 2 unspecified atom stereocenters. The monoisotopic (exact) mass is 120 g/mol. The van der Waals surface area contributed by atoms with Crippen molar-refractivity contribution in [3.8, 4) is 0 Å². The van der Waals surface area contributed by atoms with Crippen molar-refractivity contribution >= 4 is 0 Å². The lowest BCUT2D eigenvalue weighted by Crippen LogP contribution is -1.95. The highest BCUT2D eigenvalue weighted by Crippen LogP contribution is 2.62. The van der Waals surface area contributed by atoms with Crippen LogP contribution in [0.1, 0.15) is 32.1 Å². The van der Waals surface area contributed by atoms with E-state index in [2.05, 4.69) is 0 Å². The van der Waals surface area contributed by atoms with E-state index in [4.69, 9.17) is 0 Å². The van der Waals surface area contributed by atoms with Gasteiger partial charge in [0, 0.05) is 0 Å². The standard InChI is InChI=1S/C9H12/c1-2-6-4-5-8-7(3-1)9(6)8/h7-8H,1-5H2. The molecule has 3 aliphatic rings. The summed E-state index contributed by atoms with van der Waals surface area (Å²) in [5, 5.41) is 0. The fourth-order valence-corrected chi connectivity index (χ4v) is 2.90. The van der Waals surface area contributed by atoms with Crippen molar-refractivity contribution in [1.82, 2.24) is 0 Å². The number of hydrogen-bond donors (Lipinski definition) is 0. The van der Waals surface area contributed by atoms with Gasteiger partial charge in [0.15, 0.2) is 0 Å². The Labute approximate surface area is 56.0 Å². The zero-order valence-corrected chi connectivity index (χ0v) is 5.69. The molecule has 0 radical (unpaired) electrons. The average Bonchev–Trinajstić information content (AvgIpc) is 2.35. The second kappa shape index (κ2) is 1.25. The Morgan fingerprint density at radius 3 is 2.67 bits per heavy atom. The van der Waals surface area contributed by atoms with Gasteiger partial charge in [0.1, 0.15) is 0 Å². The first kappa shape index (κ1) is 4.54. The Balaban J connectivity index is 2.09. The summed E-state index contributed by atoms with van der Waals surface area (Å²) in [5.41, 5.74) is 3.79. The molecule has 0 aliphatic heterocycles. The molecule has 0 N–H and O–H groups in total. The molecule has 3 aliphatic carbocycles. The minimum atomic E-state index is 1.11. The first-order valence-electron chi connectivity index (χ1n) is 4.18. The van der Waals surface area contributed by atoms with Crippen molar-refractivity contribution in [2.45, 2.75) is 32.1 Å². The summed E-state index contributed by atoms with van der Waals surface area (Å²) in [6.45, 7) is 0. The normalized spacial score (nSPS) is 45.3. The van der Waals surface area contributed by atoms with Crippen molar-refractivity contribution in [2.75, 3.05) is 0 Å². The smallest absolute Gasteiger partial charge is 0.0129 e. The Hall–Kier alpha value is -0.260. The van der Waals surface area contributed by atoms with E-state index >= 15 is 0 Å². The van der Waals surface area contributed by atoms with E-state index in [0.29, 0.717) is 0 Å². The summed E-state index contributed by atoms with van der Waals surface area (Å²) >= 11 is 0. The summed E-state index contributed by atoms with van der Waals surface area (Å²) in [7, 11) is 0. The van der Waals surface area contributed by atoms with Crippen LogP contribution in [0.25, 0.3) is 0 Å². The predicted octanol–water partition coefficient (Wildman–Crippen LogP) is 2.51. The molecule has 0 heteroatoms. The molecule has 3 rings (SSSR count). The largest absolute Gasteiger partial charge is 0.0704 e. The first-order chi connectivity index (χ1) is 4.47. The Bertz CT molecular complexity index is 188. The maximum Gasteiger partial charge on any atom is -0.0129 e. The number of fused-ring (bicyclic) bond motifs is 1. The topological polar surface area (TPSA) is 0 Å². The molecule has 1 fully saturated rings. The van der Waals surface area contributed by atoms with Crippen LogP contribution in [0, 0.1) is 11.8 Å². The SMILES string of the molecule is C1CC2=C3C(C1)C3CC2. The highest BCUT2D eigenvalue weighted by molar-refractivity contribution is 5.41. The number of hydrogen-bond acceptors (Lipinski definition) is 0. The number of rotatable bonds is 0. The fourth-order valence-electron chi connectivity index (χ4n) is 2.90. The van der Waals surface area contributed by atoms with Gasteiger partial charge in [0.25, 0.3) is 0 Å². The van der Waals surface area contributed by atoms with Gasteiger partial charge in [-0.3, -0.25) is 0 Å². The van der Waals surface area contributed by atoms with Crippen LogP contribution in [0.4, 0.5) is 0 Å². The summed E-state index contributed by atoms with van der Waals surface area (Å²) in [4.78, 5) is 0. The van der Waals surface area contributed by atoms with Crippen LogP contribution < -0.4 is 0 Å². The molecule has 0 aromatic carbocycles. The highest BCUT2D eigenvalue weighted by Gasteiger charge is 2.49. The van der Waals surface area contributed by atoms with Crippen molar-refractivity contribution in [3.63, 3.8) is 0 Å². The Morgan fingerprint density at radius 2 is 1.89 bits per heavy atom. The fraction of sp³-hybridized carbons (Fsp3) is 0.778. The van der Waals surface area contributed by atoms with Crippen LogP contribution in [0.15, 0.2) is 11.1 Å². The van der Waals surface area contributed by atoms with Gasteiger partial charge in [-0.25, -0.2) is 0 Å². The van der Waals surface area contributed by atoms with Gasteiger partial charge in [-0.2, -0.15) is 0 Å². The molecule has 9 heavy (non-hydrogen) atoms. The van der Waals surface area contributed by atoms with Gasteiger partial charge >= 0.3 is 0 Å². The van der Waals surface area contributed by atoms with Crippen molar-refractivity contribution in [1.29, 1.82) is 0 Å². The van der Waals surface area contributed by atoms with E-state index in [-0.39, 0.29) is 0 Å². The van der Waals surface area contributed by atoms with Crippen LogP contribution in [0.5, 0.6) is 0 Å². The Morgan fingerprint density at radius 1 is 1.00 bits per heavy atom. The van der Waals surface area contributed by atoms with Crippen LogP contribution in [0.2, 0.25) is 0 Å².